The lowest BCUT2D eigenvalue weighted by molar-refractivity contribution is -0.120. The van der Waals surface area contributed by atoms with E-state index in [4.69, 9.17) is 0 Å². The van der Waals surface area contributed by atoms with E-state index in [1.807, 2.05) is 43.3 Å². The first kappa shape index (κ1) is 19.1. The van der Waals surface area contributed by atoms with E-state index in [0.29, 0.717) is 5.69 Å². The Kier molecular flexibility index (Phi) is 5.51. The van der Waals surface area contributed by atoms with E-state index < -0.39 is 0 Å². The normalized spacial score (nSPS) is 14.6. The molecule has 0 atom stereocenters. The fourth-order valence-corrected chi connectivity index (χ4v) is 3.61. The number of aromatic nitrogens is 2. The number of hydrogen-bond donors (Lipinski definition) is 1. The SMILES string of the molecule is Cc1cccc(NC(=O)C2CCN(c3ccc(-c4ccc(F)cc4)nn3)CC2)c1. The van der Waals surface area contributed by atoms with Crippen molar-refractivity contribution in [3.63, 3.8) is 0 Å². The molecule has 0 aliphatic carbocycles. The smallest absolute Gasteiger partial charge is 0.227 e. The number of anilines is 2. The van der Waals surface area contributed by atoms with Crippen LogP contribution < -0.4 is 10.2 Å². The summed E-state index contributed by atoms with van der Waals surface area (Å²) in [4.78, 5) is 14.7. The minimum atomic E-state index is -0.271. The van der Waals surface area contributed by atoms with Gasteiger partial charge in [-0.25, -0.2) is 4.39 Å². The van der Waals surface area contributed by atoms with Crippen LogP contribution in [0.2, 0.25) is 0 Å². The quantitative estimate of drug-likeness (QED) is 0.715. The van der Waals surface area contributed by atoms with Crippen molar-refractivity contribution < 1.29 is 9.18 Å². The van der Waals surface area contributed by atoms with Gasteiger partial charge in [0.05, 0.1) is 5.69 Å². The van der Waals surface area contributed by atoms with Gasteiger partial charge >= 0.3 is 0 Å². The molecule has 2 aromatic carbocycles. The van der Waals surface area contributed by atoms with Crippen LogP contribution in [0.25, 0.3) is 11.3 Å². The van der Waals surface area contributed by atoms with E-state index >= 15 is 0 Å². The first-order valence-corrected chi connectivity index (χ1v) is 9.80. The van der Waals surface area contributed by atoms with Crippen molar-refractivity contribution in [2.45, 2.75) is 19.8 Å². The molecule has 5 nitrogen and oxygen atoms in total. The Balaban J connectivity index is 1.34. The number of benzene rings is 2. The summed E-state index contributed by atoms with van der Waals surface area (Å²) < 4.78 is 13.1. The molecular formula is C23H23FN4O. The molecule has 4 rings (SSSR count). The minimum Gasteiger partial charge on any atom is -0.355 e. The molecule has 3 aromatic rings. The van der Waals surface area contributed by atoms with Gasteiger partial charge < -0.3 is 10.2 Å². The molecule has 2 heterocycles. The summed E-state index contributed by atoms with van der Waals surface area (Å²) in [6.45, 7) is 3.53. The highest BCUT2D eigenvalue weighted by Gasteiger charge is 2.26. The Bertz CT molecular complexity index is 981. The standard InChI is InChI=1S/C23H23FN4O/c1-16-3-2-4-20(15-16)25-23(29)18-11-13-28(14-12-18)22-10-9-21(26-27-22)17-5-7-19(24)8-6-17/h2-10,15,18H,11-14H2,1H3,(H,25,29). The zero-order valence-corrected chi connectivity index (χ0v) is 16.3. The number of nitrogens with one attached hydrogen (secondary N) is 1. The van der Waals surface area contributed by atoms with Crippen molar-refractivity contribution in [3.8, 4) is 11.3 Å². The van der Waals surface area contributed by atoms with Gasteiger partial charge in [0.2, 0.25) is 5.91 Å². The lowest BCUT2D eigenvalue weighted by Gasteiger charge is -2.31. The molecule has 1 saturated heterocycles. The van der Waals surface area contributed by atoms with Crippen molar-refractivity contribution in [2.24, 2.45) is 5.92 Å². The maximum atomic E-state index is 13.1. The zero-order chi connectivity index (χ0) is 20.2. The molecule has 1 N–H and O–H groups in total. The molecule has 148 valence electrons. The Morgan fingerprint density at radius 2 is 1.79 bits per heavy atom. The molecule has 1 fully saturated rings. The summed E-state index contributed by atoms with van der Waals surface area (Å²) in [5.74, 6) is 0.604. The number of amides is 1. The molecule has 0 radical (unpaired) electrons. The number of carbonyl (C=O) groups excluding carboxylic acids is 1. The Morgan fingerprint density at radius 3 is 2.45 bits per heavy atom. The lowest BCUT2D eigenvalue weighted by Crippen LogP contribution is -2.38. The fourth-order valence-electron chi connectivity index (χ4n) is 3.61. The van der Waals surface area contributed by atoms with Gasteiger partial charge in [0.15, 0.2) is 5.82 Å². The van der Waals surface area contributed by atoms with Gasteiger partial charge in [0, 0.05) is 30.3 Å². The molecule has 1 aliphatic rings. The van der Waals surface area contributed by atoms with E-state index in [-0.39, 0.29) is 17.6 Å². The van der Waals surface area contributed by atoms with Crippen molar-refractivity contribution >= 4 is 17.4 Å². The summed E-state index contributed by atoms with van der Waals surface area (Å²) in [7, 11) is 0. The van der Waals surface area contributed by atoms with E-state index in [9.17, 15) is 9.18 Å². The highest BCUT2D eigenvalue weighted by Crippen LogP contribution is 2.24. The van der Waals surface area contributed by atoms with Crippen LogP contribution in [0, 0.1) is 18.7 Å². The van der Waals surface area contributed by atoms with Gasteiger partial charge in [-0.15, -0.1) is 10.2 Å². The van der Waals surface area contributed by atoms with Crippen LogP contribution in [-0.4, -0.2) is 29.2 Å². The number of carbonyl (C=O) groups is 1. The summed E-state index contributed by atoms with van der Waals surface area (Å²) in [6, 6.07) is 17.9. The highest BCUT2D eigenvalue weighted by molar-refractivity contribution is 5.92. The highest BCUT2D eigenvalue weighted by atomic mass is 19.1. The molecule has 6 heteroatoms. The van der Waals surface area contributed by atoms with Crippen molar-refractivity contribution in [3.05, 3.63) is 72.0 Å². The zero-order valence-electron chi connectivity index (χ0n) is 16.3. The van der Waals surface area contributed by atoms with E-state index in [0.717, 1.165) is 48.6 Å². The predicted octanol–water partition coefficient (Wildman–Crippen LogP) is 4.45. The van der Waals surface area contributed by atoms with E-state index in [2.05, 4.69) is 20.4 Å². The average Bonchev–Trinajstić information content (AvgIpc) is 2.75. The van der Waals surface area contributed by atoms with E-state index in [1.54, 1.807) is 12.1 Å². The monoisotopic (exact) mass is 390 g/mol. The summed E-state index contributed by atoms with van der Waals surface area (Å²) in [5.41, 5.74) is 3.51. The van der Waals surface area contributed by atoms with Crippen LogP contribution in [0.5, 0.6) is 0 Å². The Labute approximate surface area is 169 Å². The third kappa shape index (κ3) is 4.59. The molecule has 0 spiro atoms. The number of halogens is 1. The number of hydrogen-bond acceptors (Lipinski definition) is 4. The number of piperidine rings is 1. The molecule has 1 amide bonds. The van der Waals surface area contributed by atoms with Crippen LogP contribution in [0.3, 0.4) is 0 Å². The Morgan fingerprint density at radius 1 is 1.03 bits per heavy atom. The summed E-state index contributed by atoms with van der Waals surface area (Å²) in [6.07, 6.45) is 1.55. The second-order valence-electron chi connectivity index (χ2n) is 7.40. The van der Waals surface area contributed by atoms with Crippen molar-refractivity contribution in [1.82, 2.24) is 10.2 Å². The van der Waals surface area contributed by atoms with Crippen molar-refractivity contribution in [1.29, 1.82) is 0 Å². The van der Waals surface area contributed by atoms with Crippen LogP contribution >= 0.6 is 0 Å². The molecule has 1 aromatic heterocycles. The molecular weight excluding hydrogens is 367 g/mol. The van der Waals surface area contributed by atoms with Gasteiger partial charge in [0.1, 0.15) is 5.82 Å². The molecule has 0 saturated carbocycles. The van der Waals surface area contributed by atoms with Crippen LogP contribution in [0.4, 0.5) is 15.9 Å². The first-order valence-electron chi connectivity index (χ1n) is 9.80. The Hall–Kier alpha value is -3.28. The maximum Gasteiger partial charge on any atom is 0.227 e. The topological polar surface area (TPSA) is 58.1 Å². The van der Waals surface area contributed by atoms with Crippen LogP contribution in [0.15, 0.2) is 60.7 Å². The largest absolute Gasteiger partial charge is 0.355 e. The molecule has 1 aliphatic heterocycles. The predicted molar refractivity (Wildman–Crippen MR) is 112 cm³/mol. The third-order valence-electron chi connectivity index (χ3n) is 5.27. The minimum absolute atomic E-state index is 0.00166. The van der Waals surface area contributed by atoms with Gasteiger partial charge in [-0.2, -0.15) is 0 Å². The maximum absolute atomic E-state index is 13.1. The average molecular weight is 390 g/mol. The van der Waals surface area contributed by atoms with Crippen LogP contribution in [-0.2, 0) is 4.79 Å². The van der Waals surface area contributed by atoms with Gasteiger partial charge in [-0.3, -0.25) is 4.79 Å². The fraction of sp³-hybridized carbons (Fsp3) is 0.261. The lowest BCUT2D eigenvalue weighted by atomic mass is 9.95. The molecule has 0 bridgehead atoms. The van der Waals surface area contributed by atoms with Crippen LogP contribution in [0.1, 0.15) is 18.4 Å². The third-order valence-corrected chi connectivity index (χ3v) is 5.27. The van der Waals surface area contributed by atoms with Gasteiger partial charge in [0.25, 0.3) is 0 Å². The van der Waals surface area contributed by atoms with E-state index in [1.165, 1.54) is 12.1 Å². The summed E-state index contributed by atoms with van der Waals surface area (Å²) >= 11 is 0. The summed E-state index contributed by atoms with van der Waals surface area (Å²) in [5, 5.41) is 11.6. The number of nitrogens with zero attached hydrogens (tertiary/aromatic N) is 3. The molecule has 29 heavy (non-hydrogen) atoms. The van der Waals surface area contributed by atoms with Crippen molar-refractivity contribution in [2.75, 3.05) is 23.3 Å². The number of aryl methyl sites for hydroxylation is 1. The first-order chi connectivity index (χ1) is 14.1. The van der Waals surface area contributed by atoms with Gasteiger partial charge in [-0.05, 0) is 73.9 Å². The van der Waals surface area contributed by atoms with Gasteiger partial charge in [-0.1, -0.05) is 12.1 Å². The number of rotatable bonds is 4. The second-order valence-corrected chi connectivity index (χ2v) is 7.40. The molecule has 0 unspecified atom stereocenters. The second kappa shape index (κ2) is 8.39.